The predicted octanol–water partition coefficient (Wildman–Crippen LogP) is 4.15. The molecule has 3 heteroatoms. The lowest BCUT2D eigenvalue weighted by atomic mass is 10.0. The molecule has 0 saturated heterocycles. The summed E-state index contributed by atoms with van der Waals surface area (Å²) in [7, 11) is 0. The van der Waals surface area contributed by atoms with Crippen LogP contribution in [0.15, 0.2) is 60.7 Å². The van der Waals surface area contributed by atoms with Crippen molar-refractivity contribution in [2.45, 2.75) is 19.8 Å². The van der Waals surface area contributed by atoms with Crippen LogP contribution < -0.4 is 11.1 Å². The molecule has 0 aliphatic carbocycles. The van der Waals surface area contributed by atoms with Crippen molar-refractivity contribution in [2.75, 3.05) is 5.32 Å². The SMILES string of the molecule is CC(C)c1ccccc1.NC(=S)Nc1ccccc1. The first-order valence-corrected chi connectivity index (χ1v) is 6.67. The number of thiocarbonyl (C=S) groups is 1. The topological polar surface area (TPSA) is 38.0 Å². The predicted molar refractivity (Wildman–Crippen MR) is 87.4 cm³/mol. The third-order valence-corrected chi connectivity index (χ3v) is 2.61. The largest absolute Gasteiger partial charge is 0.376 e. The van der Waals surface area contributed by atoms with E-state index < -0.39 is 0 Å². The lowest BCUT2D eigenvalue weighted by Crippen LogP contribution is -2.18. The fourth-order valence-electron chi connectivity index (χ4n) is 1.50. The molecule has 3 N–H and O–H groups in total. The minimum absolute atomic E-state index is 0.297. The second kappa shape index (κ2) is 8.27. The quantitative estimate of drug-likeness (QED) is 0.806. The second-order valence-electron chi connectivity index (χ2n) is 4.42. The molecule has 0 fully saturated rings. The van der Waals surface area contributed by atoms with Crippen LogP contribution in [-0.2, 0) is 0 Å². The lowest BCUT2D eigenvalue weighted by molar-refractivity contribution is 0.867. The fourth-order valence-corrected chi connectivity index (χ4v) is 1.62. The van der Waals surface area contributed by atoms with Gasteiger partial charge in [-0.25, -0.2) is 0 Å². The number of hydrogen-bond donors (Lipinski definition) is 2. The van der Waals surface area contributed by atoms with Crippen molar-refractivity contribution in [3.8, 4) is 0 Å². The number of benzene rings is 2. The van der Waals surface area contributed by atoms with E-state index >= 15 is 0 Å². The molecule has 2 nitrogen and oxygen atoms in total. The summed E-state index contributed by atoms with van der Waals surface area (Å²) in [6.45, 7) is 4.41. The van der Waals surface area contributed by atoms with Gasteiger partial charge >= 0.3 is 0 Å². The molecule has 19 heavy (non-hydrogen) atoms. The van der Waals surface area contributed by atoms with Gasteiger partial charge in [-0.15, -0.1) is 0 Å². The Bertz CT molecular complexity index is 481. The monoisotopic (exact) mass is 272 g/mol. The molecule has 0 aliphatic rings. The van der Waals surface area contributed by atoms with Crippen LogP contribution in [0, 0.1) is 0 Å². The van der Waals surface area contributed by atoms with E-state index in [1.807, 2.05) is 36.4 Å². The summed E-state index contributed by atoms with van der Waals surface area (Å²) < 4.78 is 0. The van der Waals surface area contributed by atoms with Gasteiger partial charge in [0.1, 0.15) is 0 Å². The van der Waals surface area contributed by atoms with Crippen LogP contribution in [0.2, 0.25) is 0 Å². The van der Waals surface area contributed by atoms with E-state index in [0.29, 0.717) is 11.0 Å². The summed E-state index contributed by atoms with van der Waals surface area (Å²) in [5.41, 5.74) is 7.59. The highest BCUT2D eigenvalue weighted by molar-refractivity contribution is 7.80. The normalized spacial score (nSPS) is 9.42. The van der Waals surface area contributed by atoms with Gasteiger partial charge in [-0.1, -0.05) is 62.4 Å². The molecule has 0 atom stereocenters. The molecule has 0 amide bonds. The van der Waals surface area contributed by atoms with Crippen LogP contribution >= 0.6 is 12.2 Å². The molecule has 100 valence electrons. The van der Waals surface area contributed by atoms with Gasteiger partial charge in [0.15, 0.2) is 5.11 Å². The molecule has 0 unspecified atom stereocenters. The Balaban J connectivity index is 0.000000191. The van der Waals surface area contributed by atoms with Crippen molar-refractivity contribution < 1.29 is 0 Å². The van der Waals surface area contributed by atoms with E-state index in [1.165, 1.54) is 5.56 Å². The first-order chi connectivity index (χ1) is 9.09. The molecule has 0 aliphatic heterocycles. The summed E-state index contributed by atoms with van der Waals surface area (Å²) in [5.74, 6) is 0.659. The zero-order chi connectivity index (χ0) is 14.1. The van der Waals surface area contributed by atoms with E-state index in [9.17, 15) is 0 Å². The second-order valence-corrected chi connectivity index (χ2v) is 4.86. The third-order valence-electron chi connectivity index (χ3n) is 2.51. The van der Waals surface area contributed by atoms with Crippen molar-refractivity contribution in [3.63, 3.8) is 0 Å². The van der Waals surface area contributed by atoms with Crippen LogP contribution in [0.4, 0.5) is 5.69 Å². The fraction of sp³-hybridized carbons (Fsp3) is 0.188. The maximum absolute atomic E-state index is 5.24. The van der Waals surface area contributed by atoms with Crippen molar-refractivity contribution in [3.05, 3.63) is 66.2 Å². The minimum Gasteiger partial charge on any atom is -0.376 e. The first-order valence-electron chi connectivity index (χ1n) is 6.26. The van der Waals surface area contributed by atoms with Crippen LogP contribution in [0.3, 0.4) is 0 Å². The zero-order valence-corrected chi connectivity index (χ0v) is 12.2. The van der Waals surface area contributed by atoms with Gasteiger partial charge in [0.05, 0.1) is 0 Å². The van der Waals surface area contributed by atoms with Gasteiger partial charge < -0.3 is 11.1 Å². The summed E-state index contributed by atoms with van der Waals surface area (Å²) in [6, 6.07) is 20.1. The van der Waals surface area contributed by atoms with Crippen molar-refractivity contribution >= 4 is 23.0 Å². The Morgan fingerprint density at radius 2 is 1.42 bits per heavy atom. The van der Waals surface area contributed by atoms with E-state index in [4.69, 9.17) is 5.73 Å². The molecule has 2 rings (SSSR count). The Kier molecular flexibility index (Phi) is 6.61. The highest BCUT2D eigenvalue weighted by Gasteiger charge is 1.93. The number of hydrogen-bond acceptors (Lipinski definition) is 1. The number of rotatable bonds is 2. The van der Waals surface area contributed by atoms with Gasteiger partial charge in [0.2, 0.25) is 0 Å². The Morgan fingerprint density at radius 3 is 1.79 bits per heavy atom. The number of anilines is 1. The molecule has 0 spiro atoms. The zero-order valence-electron chi connectivity index (χ0n) is 11.3. The average Bonchev–Trinajstić information content (AvgIpc) is 2.41. The highest BCUT2D eigenvalue weighted by Crippen LogP contribution is 2.11. The van der Waals surface area contributed by atoms with Crippen LogP contribution in [0.1, 0.15) is 25.3 Å². The first kappa shape index (κ1) is 15.2. The Hall–Kier alpha value is -1.87. The molecule has 0 aromatic heterocycles. The molecule has 2 aromatic carbocycles. The molecular formula is C16H20N2S. The summed E-state index contributed by atoms with van der Waals surface area (Å²) in [5, 5.41) is 3.11. The molecule has 2 aromatic rings. The Labute approximate surface area is 120 Å². The smallest absolute Gasteiger partial charge is 0.168 e. The van der Waals surface area contributed by atoms with E-state index in [1.54, 1.807) is 0 Å². The molecule has 0 bridgehead atoms. The maximum atomic E-state index is 5.24. The van der Waals surface area contributed by atoms with E-state index in [2.05, 4.69) is 55.6 Å². The molecule has 0 radical (unpaired) electrons. The van der Waals surface area contributed by atoms with E-state index in [-0.39, 0.29) is 0 Å². The van der Waals surface area contributed by atoms with Gasteiger partial charge in [0.25, 0.3) is 0 Å². The molecule has 0 saturated carbocycles. The number of nitrogens with two attached hydrogens (primary N) is 1. The summed E-state index contributed by atoms with van der Waals surface area (Å²) >= 11 is 4.64. The van der Waals surface area contributed by atoms with Gasteiger partial charge in [-0.3, -0.25) is 0 Å². The van der Waals surface area contributed by atoms with Gasteiger partial charge in [-0.2, -0.15) is 0 Å². The van der Waals surface area contributed by atoms with Crippen molar-refractivity contribution in [2.24, 2.45) is 5.73 Å². The minimum atomic E-state index is 0.297. The highest BCUT2D eigenvalue weighted by atomic mass is 32.1. The van der Waals surface area contributed by atoms with Crippen LogP contribution in [0.5, 0.6) is 0 Å². The molecule has 0 heterocycles. The maximum Gasteiger partial charge on any atom is 0.168 e. The summed E-state index contributed by atoms with van der Waals surface area (Å²) in [4.78, 5) is 0. The average molecular weight is 272 g/mol. The standard InChI is InChI=1S/C9H12.C7H8N2S/c1-8(2)9-6-4-3-5-7-9;8-7(10)9-6-4-2-1-3-5-6/h3-8H,1-2H3;1-5H,(H3,8,9,10). The molecular weight excluding hydrogens is 252 g/mol. The van der Waals surface area contributed by atoms with Crippen molar-refractivity contribution in [1.82, 2.24) is 0 Å². The Morgan fingerprint density at radius 1 is 0.947 bits per heavy atom. The lowest BCUT2D eigenvalue weighted by Gasteiger charge is -2.01. The van der Waals surface area contributed by atoms with Gasteiger partial charge in [-0.05, 0) is 35.8 Å². The van der Waals surface area contributed by atoms with Crippen LogP contribution in [0.25, 0.3) is 0 Å². The number of nitrogens with one attached hydrogen (secondary N) is 1. The van der Waals surface area contributed by atoms with Crippen molar-refractivity contribution in [1.29, 1.82) is 0 Å². The van der Waals surface area contributed by atoms with E-state index in [0.717, 1.165) is 5.69 Å². The van der Waals surface area contributed by atoms with Crippen LogP contribution in [-0.4, -0.2) is 5.11 Å². The van der Waals surface area contributed by atoms with Gasteiger partial charge in [0, 0.05) is 5.69 Å². The third kappa shape index (κ3) is 6.58. The number of para-hydroxylation sites is 1. The summed E-state index contributed by atoms with van der Waals surface area (Å²) in [6.07, 6.45) is 0.